The van der Waals surface area contributed by atoms with Crippen LogP contribution in [0.2, 0.25) is 0 Å². The van der Waals surface area contributed by atoms with E-state index in [-0.39, 0.29) is 30.9 Å². The second-order valence-electron chi connectivity index (χ2n) is 7.59. The quantitative estimate of drug-likeness (QED) is 0.118. The van der Waals surface area contributed by atoms with E-state index in [1.165, 1.54) is 12.1 Å². The molecule has 0 bridgehead atoms. The third kappa shape index (κ3) is 7.18. The molecule has 0 radical (unpaired) electrons. The molecule has 0 aliphatic carbocycles. The number of amides is 3. The van der Waals surface area contributed by atoms with Gasteiger partial charge < -0.3 is 20.2 Å². The van der Waals surface area contributed by atoms with Crippen LogP contribution in [0, 0.1) is 12.8 Å². The summed E-state index contributed by atoms with van der Waals surface area (Å²) in [4.78, 5) is 46.8. The average Bonchev–Trinajstić information content (AvgIpc) is 3.28. The van der Waals surface area contributed by atoms with Crippen molar-refractivity contribution in [2.45, 2.75) is 39.5 Å². The molecule has 0 saturated carbocycles. The first kappa shape index (κ1) is 25.6. The summed E-state index contributed by atoms with van der Waals surface area (Å²) in [5, 5.41) is 24.2. The van der Waals surface area contributed by atoms with Crippen LogP contribution < -0.4 is 10.6 Å². The number of carboxylic acids is 1. The fraction of sp³-hybridized carbons (Fsp3) is 0.391. The Bertz CT molecular complexity index is 986. The fourth-order valence-corrected chi connectivity index (χ4v) is 3.40. The Hall–Kier alpha value is -3.66. The predicted octanol–water partition coefficient (Wildman–Crippen LogP) is 2.80. The Morgan fingerprint density at radius 1 is 1.15 bits per heavy atom. The van der Waals surface area contributed by atoms with E-state index in [9.17, 15) is 29.5 Å². The summed E-state index contributed by atoms with van der Waals surface area (Å²) < 4.78 is 5.59. The first-order valence-corrected chi connectivity index (χ1v) is 10.7. The second-order valence-corrected chi connectivity index (χ2v) is 7.59. The SMILES string of the molecule is CCCCC[C@H](CN(O)C=O)C(=O)NCNC(=O)c1ccc(-c2cccc(C(=O)O)c2C)o1. The Kier molecular flexibility index (Phi) is 9.62. The summed E-state index contributed by atoms with van der Waals surface area (Å²) in [7, 11) is 0. The van der Waals surface area contributed by atoms with Gasteiger partial charge in [-0.1, -0.05) is 38.3 Å². The maximum atomic E-state index is 12.4. The van der Waals surface area contributed by atoms with Crippen molar-refractivity contribution >= 4 is 24.2 Å². The number of benzene rings is 1. The number of aromatic carboxylic acids is 1. The van der Waals surface area contributed by atoms with Gasteiger partial charge in [-0.3, -0.25) is 19.6 Å². The summed E-state index contributed by atoms with van der Waals surface area (Å²) in [6.07, 6.45) is 3.39. The van der Waals surface area contributed by atoms with Gasteiger partial charge in [0.2, 0.25) is 12.3 Å². The Morgan fingerprint density at radius 2 is 1.91 bits per heavy atom. The normalized spacial score (nSPS) is 11.5. The minimum absolute atomic E-state index is 0.00126. The van der Waals surface area contributed by atoms with Crippen LogP contribution in [0.25, 0.3) is 11.3 Å². The monoisotopic (exact) mass is 459 g/mol. The zero-order valence-corrected chi connectivity index (χ0v) is 18.7. The lowest BCUT2D eigenvalue weighted by atomic mass is 10.0. The molecule has 178 valence electrons. The standard InChI is InChI=1S/C23H29N3O7/c1-3-4-5-7-16(12-26(32)14-27)21(28)24-13-25-22(29)20-11-10-19(33-20)17-8-6-9-18(15(17)2)23(30)31/h6,8-11,14,16,32H,3-5,7,12-13H2,1-2H3,(H,24,28)(H,25,29)(H,30,31)/t16-/m1/s1. The zero-order valence-electron chi connectivity index (χ0n) is 18.7. The highest BCUT2D eigenvalue weighted by Gasteiger charge is 2.21. The van der Waals surface area contributed by atoms with Gasteiger partial charge >= 0.3 is 5.97 Å². The van der Waals surface area contributed by atoms with Gasteiger partial charge in [-0.05, 0) is 37.1 Å². The molecule has 1 aromatic carbocycles. The van der Waals surface area contributed by atoms with Crippen LogP contribution in [0.15, 0.2) is 34.7 Å². The van der Waals surface area contributed by atoms with Crippen LogP contribution in [-0.4, -0.2) is 52.8 Å². The molecule has 10 nitrogen and oxygen atoms in total. The van der Waals surface area contributed by atoms with Gasteiger partial charge in [0, 0.05) is 5.56 Å². The van der Waals surface area contributed by atoms with Gasteiger partial charge in [0.25, 0.3) is 5.91 Å². The Labute approximate surface area is 191 Å². The summed E-state index contributed by atoms with van der Waals surface area (Å²) in [5.41, 5.74) is 1.21. The van der Waals surface area contributed by atoms with Gasteiger partial charge in [0.1, 0.15) is 5.76 Å². The van der Waals surface area contributed by atoms with Crippen molar-refractivity contribution in [2.75, 3.05) is 13.2 Å². The van der Waals surface area contributed by atoms with Crippen molar-refractivity contribution in [3.63, 3.8) is 0 Å². The number of rotatable bonds is 13. The Balaban J connectivity index is 1.96. The average molecular weight is 459 g/mol. The molecule has 33 heavy (non-hydrogen) atoms. The van der Waals surface area contributed by atoms with Crippen LogP contribution in [0.3, 0.4) is 0 Å². The number of hydrogen-bond acceptors (Lipinski definition) is 6. The minimum Gasteiger partial charge on any atom is -0.478 e. The molecular formula is C23H29N3O7. The number of carbonyl (C=O) groups is 4. The molecule has 0 spiro atoms. The van der Waals surface area contributed by atoms with E-state index in [1.54, 1.807) is 25.1 Å². The van der Waals surface area contributed by atoms with E-state index in [0.29, 0.717) is 28.4 Å². The summed E-state index contributed by atoms with van der Waals surface area (Å²) >= 11 is 0. The lowest BCUT2D eigenvalue weighted by Crippen LogP contribution is -2.42. The number of hydrogen-bond donors (Lipinski definition) is 4. The molecule has 3 amide bonds. The van der Waals surface area contributed by atoms with Crippen molar-refractivity contribution < 1.29 is 33.9 Å². The molecule has 4 N–H and O–H groups in total. The minimum atomic E-state index is -1.06. The second kappa shape index (κ2) is 12.4. The molecule has 0 aliphatic rings. The van der Waals surface area contributed by atoms with Gasteiger partial charge in [-0.25, -0.2) is 9.86 Å². The van der Waals surface area contributed by atoms with E-state index in [2.05, 4.69) is 10.6 Å². The zero-order chi connectivity index (χ0) is 24.4. The Morgan fingerprint density at radius 3 is 2.58 bits per heavy atom. The highest BCUT2D eigenvalue weighted by atomic mass is 16.5. The van der Waals surface area contributed by atoms with Gasteiger partial charge in [-0.15, -0.1) is 0 Å². The highest BCUT2D eigenvalue weighted by Crippen LogP contribution is 2.27. The third-order valence-corrected chi connectivity index (χ3v) is 5.23. The van der Waals surface area contributed by atoms with E-state index in [1.807, 2.05) is 6.92 Å². The van der Waals surface area contributed by atoms with Crippen molar-refractivity contribution in [3.05, 3.63) is 47.2 Å². The van der Waals surface area contributed by atoms with Crippen molar-refractivity contribution in [3.8, 4) is 11.3 Å². The van der Waals surface area contributed by atoms with Crippen molar-refractivity contribution in [1.82, 2.24) is 15.7 Å². The van der Waals surface area contributed by atoms with Gasteiger partial charge in [0.15, 0.2) is 5.76 Å². The summed E-state index contributed by atoms with van der Waals surface area (Å²) in [6, 6.07) is 7.81. The molecule has 1 heterocycles. The predicted molar refractivity (Wildman–Crippen MR) is 119 cm³/mol. The maximum Gasteiger partial charge on any atom is 0.335 e. The number of carbonyl (C=O) groups excluding carboxylic acids is 3. The molecule has 10 heteroatoms. The lowest BCUT2D eigenvalue weighted by Gasteiger charge is -2.19. The number of furan rings is 1. The van der Waals surface area contributed by atoms with E-state index < -0.39 is 23.7 Å². The molecule has 0 fully saturated rings. The topological polar surface area (TPSA) is 149 Å². The molecule has 2 aromatic rings. The lowest BCUT2D eigenvalue weighted by molar-refractivity contribution is -0.154. The molecule has 1 atom stereocenters. The highest BCUT2D eigenvalue weighted by molar-refractivity contribution is 5.93. The first-order valence-electron chi connectivity index (χ1n) is 10.7. The molecule has 1 aromatic heterocycles. The maximum absolute atomic E-state index is 12.4. The van der Waals surface area contributed by atoms with Crippen LogP contribution >= 0.6 is 0 Å². The number of carboxylic acid groups (broad SMARTS) is 1. The van der Waals surface area contributed by atoms with E-state index in [4.69, 9.17) is 4.42 Å². The smallest absolute Gasteiger partial charge is 0.335 e. The molecule has 0 aliphatic heterocycles. The largest absolute Gasteiger partial charge is 0.478 e. The summed E-state index contributed by atoms with van der Waals surface area (Å²) in [5.74, 6) is -2.27. The molecule has 0 unspecified atom stereocenters. The third-order valence-electron chi connectivity index (χ3n) is 5.23. The van der Waals surface area contributed by atoms with Gasteiger partial charge in [0.05, 0.1) is 24.7 Å². The van der Waals surface area contributed by atoms with E-state index >= 15 is 0 Å². The van der Waals surface area contributed by atoms with Crippen LogP contribution in [0.5, 0.6) is 0 Å². The van der Waals surface area contributed by atoms with Crippen molar-refractivity contribution in [1.29, 1.82) is 0 Å². The number of nitrogens with zero attached hydrogens (tertiary/aromatic N) is 1. The first-order chi connectivity index (χ1) is 15.8. The number of hydroxylamine groups is 2. The summed E-state index contributed by atoms with van der Waals surface area (Å²) in [6.45, 7) is 3.38. The molecule has 2 rings (SSSR count). The van der Waals surface area contributed by atoms with Crippen LogP contribution in [0.1, 0.15) is 59.1 Å². The number of unbranched alkanes of at least 4 members (excludes halogenated alkanes) is 2. The van der Waals surface area contributed by atoms with Crippen LogP contribution in [0.4, 0.5) is 0 Å². The van der Waals surface area contributed by atoms with Gasteiger partial charge in [-0.2, -0.15) is 0 Å². The fourth-order valence-electron chi connectivity index (χ4n) is 3.40. The molecular weight excluding hydrogens is 430 g/mol. The van der Waals surface area contributed by atoms with Crippen molar-refractivity contribution in [2.24, 2.45) is 5.92 Å². The number of nitrogens with one attached hydrogen (secondary N) is 2. The van der Waals surface area contributed by atoms with Crippen LogP contribution in [-0.2, 0) is 9.59 Å². The molecule has 0 saturated heterocycles. The van der Waals surface area contributed by atoms with E-state index in [0.717, 1.165) is 19.3 Å².